The number of likely N-dealkylation sites (tertiary alicyclic amines) is 1. The highest BCUT2D eigenvalue weighted by molar-refractivity contribution is 5.91. The van der Waals surface area contributed by atoms with Gasteiger partial charge in [-0.3, -0.25) is 0 Å². The minimum absolute atomic E-state index is 0.0792. The van der Waals surface area contributed by atoms with Crippen molar-refractivity contribution in [3.63, 3.8) is 0 Å². The van der Waals surface area contributed by atoms with Gasteiger partial charge in [-0.15, -0.1) is 0 Å². The number of nitrogens with zero attached hydrogens (tertiary/aromatic N) is 1. The van der Waals surface area contributed by atoms with Gasteiger partial charge in [-0.1, -0.05) is 42.5 Å². The summed E-state index contributed by atoms with van der Waals surface area (Å²) in [5.74, 6) is 0.713. The molecule has 0 aliphatic carbocycles. The molecule has 2 aromatic rings. The molecule has 3 rings (SSSR count). The zero-order valence-corrected chi connectivity index (χ0v) is 15.8. The van der Waals surface area contributed by atoms with Crippen LogP contribution in [0.2, 0.25) is 0 Å². The molecule has 1 aliphatic heterocycles. The number of hydrogen-bond acceptors (Lipinski definition) is 3. The molecule has 0 radical (unpaired) electrons. The first kappa shape index (κ1) is 19.2. The van der Waals surface area contributed by atoms with E-state index in [0.29, 0.717) is 18.9 Å². The van der Waals surface area contributed by atoms with Gasteiger partial charge in [0.15, 0.2) is 0 Å². The van der Waals surface area contributed by atoms with Gasteiger partial charge in [0, 0.05) is 19.1 Å². The van der Waals surface area contributed by atoms with E-state index in [4.69, 9.17) is 10.5 Å². The number of nitrogens with two attached hydrogens (primary N) is 1. The molecule has 1 unspecified atom stereocenters. The molecule has 5 heteroatoms. The molecule has 0 saturated carbocycles. The molecule has 1 heterocycles. The van der Waals surface area contributed by atoms with Crippen LogP contribution in [-0.4, -0.2) is 36.7 Å². The fourth-order valence-electron chi connectivity index (χ4n) is 3.32. The van der Waals surface area contributed by atoms with Crippen LogP contribution in [0.4, 0.5) is 10.5 Å². The van der Waals surface area contributed by atoms with E-state index in [1.807, 2.05) is 35.2 Å². The van der Waals surface area contributed by atoms with Gasteiger partial charge in [0.05, 0.1) is 12.3 Å². The van der Waals surface area contributed by atoms with Crippen molar-refractivity contribution in [2.45, 2.75) is 38.1 Å². The topological polar surface area (TPSA) is 67.6 Å². The number of urea groups is 1. The molecule has 3 N–H and O–H groups in total. The highest BCUT2D eigenvalue weighted by Crippen LogP contribution is 2.25. The fourth-order valence-corrected chi connectivity index (χ4v) is 3.32. The average molecular weight is 367 g/mol. The Labute approximate surface area is 161 Å². The maximum absolute atomic E-state index is 12.6. The van der Waals surface area contributed by atoms with Crippen LogP contribution in [0.5, 0.6) is 5.75 Å². The maximum Gasteiger partial charge on any atom is 0.321 e. The van der Waals surface area contributed by atoms with Crippen LogP contribution in [0, 0.1) is 0 Å². The number of rotatable bonds is 6. The lowest BCUT2D eigenvalue weighted by Crippen LogP contribution is -2.36. The number of amides is 2. The van der Waals surface area contributed by atoms with Crippen molar-refractivity contribution in [3.05, 3.63) is 60.2 Å². The number of nitrogens with one attached hydrogen (secondary N) is 1. The lowest BCUT2D eigenvalue weighted by Gasteiger charge is -2.22. The smallest absolute Gasteiger partial charge is 0.321 e. The molecule has 2 amide bonds. The van der Waals surface area contributed by atoms with Crippen molar-refractivity contribution >= 4 is 11.7 Å². The zero-order valence-electron chi connectivity index (χ0n) is 15.8. The third kappa shape index (κ3) is 6.00. The fraction of sp³-hybridized carbons (Fsp3) is 0.409. The van der Waals surface area contributed by atoms with Crippen molar-refractivity contribution in [2.75, 3.05) is 25.0 Å². The van der Waals surface area contributed by atoms with E-state index in [0.717, 1.165) is 44.3 Å². The van der Waals surface area contributed by atoms with Crippen LogP contribution < -0.4 is 15.8 Å². The van der Waals surface area contributed by atoms with Crippen LogP contribution in [0.1, 0.15) is 31.2 Å². The van der Waals surface area contributed by atoms with Gasteiger partial charge < -0.3 is 20.7 Å². The molecule has 1 atom stereocenters. The molecule has 1 saturated heterocycles. The van der Waals surface area contributed by atoms with Crippen molar-refractivity contribution in [1.29, 1.82) is 0 Å². The predicted molar refractivity (Wildman–Crippen MR) is 109 cm³/mol. The summed E-state index contributed by atoms with van der Waals surface area (Å²) in [6.45, 7) is 2.06. The monoisotopic (exact) mass is 367 g/mol. The summed E-state index contributed by atoms with van der Waals surface area (Å²) in [5.41, 5.74) is 8.03. The molecule has 0 bridgehead atoms. The molecule has 2 aromatic carbocycles. The summed E-state index contributed by atoms with van der Waals surface area (Å²) >= 11 is 0. The Morgan fingerprint density at radius 3 is 2.70 bits per heavy atom. The Balaban J connectivity index is 1.51. The Kier molecular flexibility index (Phi) is 7.11. The lowest BCUT2D eigenvalue weighted by atomic mass is 10.1. The third-order valence-electron chi connectivity index (χ3n) is 4.90. The van der Waals surface area contributed by atoms with E-state index >= 15 is 0 Å². The summed E-state index contributed by atoms with van der Waals surface area (Å²) in [6, 6.07) is 18.1. The second-order valence-corrected chi connectivity index (χ2v) is 7.04. The minimum atomic E-state index is -0.0792. The first-order valence-corrected chi connectivity index (χ1v) is 9.79. The Morgan fingerprint density at radius 1 is 1.07 bits per heavy atom. The van der Waals surface area contributed by atoms with Crippen molar-refractivity contribution < 1.29 is 9.53 Å². The van der Waals surface area contributed by atoms with E-state index in [9.17, 15) is 4.79 Å². The quantitative estimate of drug-likeness (QED) is 0.757. The normalized spacial score (nSPS) is 17.2. The van der Waals surface area contributed by atoms with Gasteiger partial charge in [0.2, 0.25) is 0 Å². The summed E-state index contributed by atoms with van der Waals surface area (Å²) < 4.78 is 5.94. The van der Waals surface area contributed by atoms with Gasteiger partial charge in [0.25, 0.3) is 0 Å². The first-order valence-electron chi connectivity index (χ1n) is 9.79. The van der Waals surface area contributed by atoms with E-state index in [2.05, 4.69) is 29.6 Å². The molecular weight excluding hydrogens is 338 g/mol. The van der Waals surface area contributed by atoms with Crippen LogP contribution in [0.25, 0.3) is 0 Å². The van der Waals surface area contributed by atoms with E-state index in [-0.39, 0.29) is 12.1 Å². The summed E-state index contributed by atoms with van der Waals surface area (Å²) in [7, 11) is 0. The molecule has 5 nitrogen and oxygen atoms in total. The number of carbonyl (C=O) groups excluding carboxylic acids is 1. The van der Waals surface area contributed by atoms with Gasteiger partial charge in [-0.2, -0.15) is 0 Å². The van der Waals surface area contributed by atoms with Crippen LogP contribution >= 0.6 is 0 Å². The number of para-hydroxylation sites is 2. The Hall–Kier alpha value is -2.53. The molecule has 0 aromatic heterocycles. The van der Waals surface area contributed by atoms with Crippen molar-refractivity contribution in [3.8, 4) is 5.75 Å². The maximum atomic E-state index is 12.6. The Morgan fingerprint density at radius 2 is 1.85 bits per heavy atom. The van der Waals surface area contributed by atoms with Crippen LogP contribution in [-0.2, 0) is 6.42 Å². The molecule has 1 fully saturated rings. The average Bonchev–Trinajstić information content (AvgIpc) is 2.92. The number of benzene rings is 2. The zero-order chi connectivity index (χ0) is 18.9. The molecule has 27 heavy (non-hydrogen) atoms. The number of hydrogen-bond donors (Lipinski definition) is 2. The standard InChI is InChI=1S/C22H29N3O2/c23-19-11-6-15-25(16-14-19)22(26)24-20-12-4-5-13-21(20)27-17-7-10-18-8-2-1-3-9-18/h1-5,8-9,12-13,19H,6-7,10-11,14-17,23H2,(H,24,26). The van der Waals surface area contributed by atoms with Crippen molar-refractivity contribution in [1.82, 2.24) is 4.90 Å². The van der Waals surface area contributed by atoms with Crippen molar-refractivity contribution in [2.24, 2.45) is 5.73 Å². The minimum Gasteiger partial charge on any atom is -0.491 e. The Bertz CT molecular complexity index is 721. The number of ether oxygens (including phenoxy) is 1. The van der Waals surface area contributed by atoms with Gasteiger partial charge in [-0.05, 0) is 49.8 Å². The van der Waals surface area contributed by atoms with E-state index < -0.39 is 0 Å². The second-order valence-electron chi connectivity index (χ2n) is 7.04. The lowest BCUT2D eigenvalue weighted by molar-refractivity contribution is 0.213. The molecule has 144 valence electrons. The van der Waals surface area contributed by atoms with Gasteiger partial charge in [0.1, 0.15) is 5.75 Å². The molecular formula is C22H29N3O2. The first-order chi connectivity index (χ1) is 13.2. The second kappa shape index (κ2) is 9.97. The molecule has 1 aliphatic rings. The van der Waals surface area contributed by atoms with E-state index in [1.54, 1.807) is 0 Å². The number of aryl methyl sites for hydroxylation is 1. The highest BCUT2D eigenvalue weighted by Gasteiger charge is 2.19. The van der Waals surface area contributed by atoms with Crippen LogP contribution in [0.15, 0.2) is 54.6 Å². The SMILES string of the molecule is NC1CCCN(C(=O)Nc2ccccc2OCCCc2ccccc2)CC1. The summed E-state index contributed by atoms with van der Waals surface area (Å²) in [4.78, 5) is 14.5. The largest absolute Gasteiger partial charge is 0.491 e. The predicted octanol–water partition coefficient (Wildman–Crippen LogP) is 4.04. The molecule has 0 spiro atoms. The third-order valence-corrected chi connectivity index (χ3v) is 4.90. The summed E-state index contributed by atoms with van der Waals surface area (Å²) in [6.07, 6.45) is 4.68. The summed E-state index contributed by atoms with van der Waals surface area (Å²) in [5, 5.41) is 3.00. The number of carbonyl (C=O) groups is 1. The highest BCUT2D eigenvalue weighted by atomic mass is 16.5. The van der Waals surface area contributed by atoms with Crippen LogP contribution in [0.3, 0.4) is 0 Å². The van der Waals surface area contributed by atoms with E-state index in [1.165, 1.54) is 5.56 Å². The van der Waals surface area contributed by atoms with Gasteiger partial charge in [-0.25, -0.2) is 4.79 Å². The van der Waals surface area contributed by atoms with Gasteiger partial charge >= 0.3 is 6.03 Å². The number of anilines is 1.